The van der Waals surface area contributed by atoms with E-state index in [2.05, 4.69) is 33.7 Å². The van der Waals surface area contributed by atoms with Gasteiger partial charge in [0.05, 0.1) is 24.6 Å². The summed E-state index contributed by atoms with van der Waals surface area (Å²) < 4.78 is 2.17. The third-order valence-corrected chi connectivity index (χ3v) is 3.72. The number of fused-ring (bicyclic) bond motifs is 1. The number of anilines is 1. The van der Waals surface area contributed by atoms with Gasteiger partial charge in [-0.1, -0.05) is 13.8 Å². The molecule has 1 N–H and O–H groups in total. The summed E-state index contributed by atoms with van der Waals surface area (Å²) in [5.41, 5.74) is 1.79. The van der Waals surface area contributed by atoms with Crippen LogP contribution in [0.2, 0.25) is 0 Å². The Balaban J connectivity index is 1.60. The molecule has 1 aliphatic rings. The maximum Gasteiger partial charge on any atom is 0.322 e. The molecule has 1 aliphatic heterocycles. The Hall–Kier alpha value is -2.37. The lowest BCUT2D eigenvalue weighted by atomic mass is 10.1. The number of urea groups is 1. The van der Waals surface area contributed by atoms with E-state index < -0.39 is 0 Å². The van der Waals surface area contributed by atoms with Crippen molar-refractivity contribution in [2.45, 2.75) is 33.4 Å². The van der Waals surface area contributed by atoms with Crippen LogP contribution in [0.4, 0.5) is 10.5 Å². The first-order valence-electron chi connectivity index (χ1n) is 7.62. The molecule has 6 heteroatoms. The molecule has 0 saturated carbocycles. The highest BCUT2D eigenvalue weighted by Gasteiger charge is 2.20. The van der Waals surface area contributed by atoms with E-state index in [1.165, 1.54) is 0 Å². The number of amides is 2. The highest BCUT2D eigenvalue weighted by Crippen LogP contribution is 2.14. The van der Waals surface area contributed by atoms with Crippen LogP contribution < -0.4 is 5.32 Å². The van der Waals surface area contributed by atoms with Gasteiger partial charge >= 0.3 is 6.03 Å². The van der Waals surface area contributed by atoms with E-state index in [-0.39, 0.29) is 6.03 Å². The summed E-state index contributed by atoms with van der Waals surface area (Å²) >= 11 is 0. The normalized spacial score (nSPS) is 14.0. The first kappa shape index (κ1) is 14.6. The molecule has 0 unspecified atom stereocenters. The second-order valence-corrected chi connectivity index (χ2v) is 6.03. The molecular weight excluding hydrogens is 278 g/mol. The second kappa shape index (κ2) is 6.17. The Morgan fingerprint density at radius 1 is 1.32 bits per heavy atom. The molecule has 2 amide bonds. The van der Waals surface area contributed by atoms with Crippen molar-refractivity contribution in [3.63, 3.8) is 0 Å². The van der Waals surface area contributed by atoms with Crippen LogP contribution in [0.25, 0.3) is 0 Å². The molecule has 0 radical (unpaired) electrons. The van der Waals surface area contributed by atoms with Crippen LogP contribution >= 0.6 is 0 Å². The smallest absolute Gasteiger partial charge is 0.322 e. The van der Waals surface area contributed by atoms with Gasteiger partial charge in [-0.3, -0.25) is 0 Å². The Morgan fingerprint density at radius 2 is 2.09 bits per heavy atom. The van der Waals surface area contributed by atoms with Crippen molar-refractivity contribution in [1.29, 1.82) is 0 Å². The van der Waals surface area contributed by atoms with Crippen LogP contribution in [-0.4, -0.2) is 32.0 Å². The molecule has 2 aromatic heterocycles. The lowest BCUT2D eigenvalue weighted by molar-refractivity contribution is 0.197. The average molecular weight is 299 g/mol. The fourth-order valence-corrected chi connectivity index (χ4v) is 2.58. The van der Waals surface area contributed by atoms with Crippen LogP contribution in [0.15, 0.2) is 30.7 Å². The quantitative estimate of drug-likeness (QED) is 0.947. The van der Waals surface area contributed by atoms with Crippen molar-refractivity contribution in [3.8, 4) is 0 Å². The topological polar surface area (TPSA) is 63.1 Å². The maximum atomic E-state index is 12.3. The molecule has 22 heavy (non-hydrogen) atoms. The van der Waals surface area contributed by atoms with Crippen LogP contribution in [0, 0.1) is 5.92 Å². The summed E-state index contributed by atoms with van der Waals surface area (Å²) in [6.45, 7) is 6.43. The van der Waals surface area contributed by atoms with Gasteiger partial charge in [-0.25, -0.2) is 14.8 Å². The number of hydrogen-bond donors (Lipinski definition) is 1. The van der Waals surface area contributed by atoms with E-state index in [0.717, 1.165) is 24.5 Å². The number of hydrogen-bond acceptors (Lipinski definition) is 3. The summed E-state index contributed by atoms with van der Waals surface area (Å²) in [5.74, 6) is 1.33. The van der Waals surface area contributed by atoms with Gasteiger partial charge in [-0.2, -0.15) is 0 Å². The number of rotatable bonds is 3. The van der Waals surface area contributed by atoms with E-state index in [4.69, 9.17) is 0 Å². The van der Waals surface area contributed by atoms with Crippen molar-refractivity contribution in [3.05, 3.63) is 42.2 Å². The zero-order valence-corrected chi connectivity index (χ0v) is 13.0. The van der Waals surface area contributed by atoms with E-state index >= 15 is 0 Å². The van der Waals surface area contributed by atoms with Crippen molar-refractivity contribution in [1.82, 2.24) is 19.4 Å². The van der Waals surface area contributed by atoms with Crippen molar-refractivity contribution in [2.75, 3.05) is 11.9 Å². The van der Waals surface area contributed by atoms with Gasteiger partial charge in [0.2, 0.25) is 0 Å². The van der Waals surface area contributed by atoms with Crippen molar-refractivity contribution >= 4 is 11.7 Å². The third kappa shape index (κ3) is 3.27. The predicted molar refractivity (Wildman–Crippen MR) is 84.4 cm³/mol. The lowest BCUT2D eigenvalue weighted by Gasteiger charge is -2.28. The SMILES string of the molecule is CC(C)Cc1ncc(NC(=O)N2CCn3cccc3C2)cn1. The summed E-state index contributed by atoms with van der Waals surface area (Å²) in [5, 5.41) is 2.87. The average Bonchev–Trinajstić information content (AvgIpc) is 2.96. The Kier molecular flexibility index (Phi) is 4.09. The lowest BCUT2D eigenvalue weighted by Crippen LogP contribution is -2.40. The van der Waals surface area contributed by atoms with E-state index in [1.807, 2.05) is 18.3 Å². The molecule has 116 valence electrons. The molecule has 0 spiro atoms. The first-order chi connectivity index (χ1) is 10.6. The molecule has 6 nitrogen and oxygen atoms in total. The summed E-state index contributed by atoms with van der Waals surface area (Å²) in [7, 11) is 0. The van der Waals surface area contributed by atoms with E-state index in [9.17, 15) is 4.79 Å². The third-order valence-electron chi connectivity index (χ3n) is 3.72. The minimum absolute atomic E-state index is 0.104. The molecular formula is C16H21N5O. The van der Waals surface area contributed by atoms with Gasteiger partial charge in [-0.15, -0.1) is 0 Å². The molecule has 0 bridgehead atoms. The molecule has 0 saturated heterocycles. The molecule has 2 aromatic rings. The molecule has 0 aliphatic carbocycles. The fraction of sp³-hybridized carbons (Fsp3) is 0.438. The van der Waals surface area contributed by atoms with Crippen LogP contribution in [0.5, 0.6) is 0 Å². The fourth-order valence-electron chi connectivity index (χ4n) is 2.58. The number of nitrogens with one attached hydrogen (secondary N) is 1. The number of carbonyl (C=O) groups excluding carboxylic acids is 1. The van der Waals surface area contributed by atoms with Gasteiger partial charge in [0.15, 0.2) is 0 Å². The Bertz CT molecular complexity index is 647. The molecule has 3 rings (SSSR count). The van der Waals surface area contributed by atoms with Crippen LogP contribution in [-0.2, 0) is 19.5 Å². The van der Waals surface area contributed by atoms with Gasteiger partial charge in [-0.05, 0) is 18.1 Å². The highest BCUT2D eigenvalue weighted by molar-refractivity contribution is 5.88. The molecule has 0 atom stereocenters. The number of carbonyl (C=O) groups is 1. The van der Waals surface area contributed by atoms with Gasteiger partial charge in [0.25, 0.3) is 0 Å². The summed E-state index contributed by atoms with van der Waals surface area (Å²) in [6, 6.07) is 3.95. The van der Waals surface area contributed by atoms with Crippen molar-refractivity contribution in [2.24, 2.45) is 5.92 Å². The molecule has 3 heterocycles. The Labute approximate surface area is 130 Å². The van der Waals surface area contributed by atoms with Gasteiger partial charge in [0, 0.05) is 31.4 Å². The largest absolute Gasteiger partial charge is 0.348 e. The number of nitrogens with zero attached hydrogens (tertiary/aromatic N) is 4. The van der Waals surface area contributed by atoms with Gasteiger partial charge in [0.1, 0.15) is 5.82 Å². The first-order valence-corrected chi connectivity index (χ1v) is 7.62. The molecule has 0 aromatic carbocycles. The monoisotopic (exact) mass is 299 g/mol. The predicted octanol–water partition coefficient (Wildman–Crippen LogP) is 2.52. The summed E-state index contributed by atoms with van der Waals surface area (Å²) in [4.78, 5) is 22.7. The minimum Gasteiger partial charge on any atom is -0.348 e. The summed E-state index contributed by atoms with van der Waals surface area (Å²) in [6.07, 6.45) is 6.24. The Morgan fingerprint density at radius 3 is 2.82 bits per heavy atom. The zero-order chi connectivity index (χ0) is 15.5. The highest BCUT2D eigenvalue weighted by atomic mass is 16.2. The van der Waals surface area contributed by atoms with E-state index in [1.54, 1.807) is 17.3 Å². The van der Waals surface area contributed by atoms with E-state index in [0.29, 0.717) is 24.7 Å². The minimum atomic E-state index is -0.104. The molecule has 0 fully saturated rings. The zero-order valence-electron chi connectivity index (χ0n) is 13.0. The van der Waals surface area contributed by atoms with Crippen LogP contribution in [0.1, 0.15) is 25.4 Å². The maximum absolute atomic E-state index is 12.3. The van der Waals surface area contributed by atoms with Crippen LogP contribution in [0.3, 0.4) is 0 Å². The second-order valence-electron chi connectivity index (χ2n) is 6.03. The number of aromatic nitrogens is 3. The van der Waals surface area contributed by atoms with Gasteiger partial charge < -0.3 is 14.8 Å². The van der Waals surface area contributed by atoms with Crippen molar-refractivity contribution < 1.29 is 4.79 Å². The standard InChI is InChI=1S/C16H21N5O/c1-12(2)8-15-17-9-13(10-18-15)19-16(22)21-7-6-20-5-3-4-14(20)11-21/h3-5,9-10,12H,6-8,11H2,1-2H3,(H,19,22).